The number of rotatable bonds is 11. The number of nitrogen functional groups attached to an aromatic ring is 1. The molecule has 2 aromatic carbocycles. The second-order valence-electron chi connectivity index (χ2n) is 11.1. The number of anilines is 1. The molecule has 1 aliphatic carbocycles. The largest absolute Gasteiger partial charge is 0.462 e. The lowest BCUT2D eigenvalue weighted by Gasteiger charge is -2.20. The lowest BCUT2D eigenvalue weighted by Crippen LogP contribution is -2.25. The summed E-state index contributed by atoms with van der Waals surface area (Å²) < 4.78 is 50.3. The second kappa shape index (κ2) is 13.2. The van der Waals surface area contributed by atoms with Gasteiger partial charge >= 0.3 is 5.97 Å². The minimum Gasteiger partial charge on any atom is -0.462 e. The second-order valence-corrected chi connectivity index (χ2v) is 11.1. The van der Waals surface area contributed by atoms with E-state index in [4.69, 9.17) is 10.5 Å². The average molecular weight is 569 g/mol. The van der Waals surface area contributed by atoms with E-state index in [-0.39, 0.29) is 29.1 Å². The number of halogens is 3. The Labute approximate surface area is 237 Å². The molecule has 1 aromatic heterocycles. The number of benzene rings is 2. The number of aromatic nitrogens is 1. The Balaban J connectivity index is 1.52. The molecule has 1 saturated carbocycles. The first-order valence-corrected chi connectivity index (χ1v) is 14.1. The fraction of sp³-hybridized carbons (Fsp3) is 0.406. The van der Waals surface area contributed by atoms with Gasteiger partial charge in [-0.3, -0.25) is 19.0 Å². The molecular formula is C32H35F3N2O4. The van der Waals surface area contributed by atoms with Gasteiger partial charge in [0.25, 0.3) is 5.56 Å². The number of nitrogens with zero attached hydrogens (tertiary/aromatic N) is 1. The molecule has 2 N–H and O–H groups in total. The van der Waals surface area contributed by atoms with Crippen molar-refractivity contribution in [2.24, 2.45) is 11.8 Å². The van der Waals surface area contributed by atoms with Crippen LogP contribution < -0.4 is 11.3 Å². The highest BCUT2D eigenvalue weighted by Gasteiger charge is 2.26. The van der Waals surface area contributed by atoms with Crippen molar-refractivity contribution in [2.45, 2.75) is 71.3 Å². The maximum Gasteiger partial charge on any atom is 0.309 e. The number of pyridine rings is 1. The summed E-state index contributed by atoms with van der Waals surface area (Å²) in [6.07, 6.45) is 5.90. The Bertz CT molecular complexity index is 1440. The van der Waals surface area contributed by atoms with Crippen LogP contribution in [0.1, 0.15) is 80.3 Å². The predicted octanol–water partition coefficient (Wildman–Crippen LogP) is 6.54. The van der Waals surface area contributed by atoms with Crippen LogP contribution in [0.3, 0.4) is 0 Å². The third-order valence-corrected chi connectivity index (χ3v) is 7.47. The van der Waals surface area contributed by atoms with Crippen LogP contribution in [0.5, 0.6) is 0 Å². The molecule has 0 amide bonds. The highest BCUT2D eigenvalue weighted by atomic mass is 19.1. The van der Waals surface area contributed by atoms with Gasteiger partial charge in [0.15, 0.2) is 17.4 Å². The molecule has 0 unspecified atom stereocenters. The zero-order chi connectivity index (χ0) is 29.7. The molecule has 0 radical (unpaired) electrons. The summed E-state index contributed by atoms with van der Waals surface area (Å²) in [4.78, 5) is 38.4. The lowest BCUT2D eigenvalue weighted by atomic mass is 9.91. The quantitative estimate of drug-likeness (QED) is 0.210. The van der Waals surface area contributed by atoms with E-state index in [0.717, 1.165) is 56.0 Å². The van der Waals surface area contributed by atoms with Crippen molar-refractivity contribution in [2.75, 3.05) is 5.73 Å². The van der Waals surface area contributed by atoms with E-state index in [1.807, 2.05) is 13.8 Å². The van der Waals surface area contributed by atoms with Crippen molar-refractivity contribution in [3.8, 4) is 5.69 Å². The van der Waals surface area contributed by atoms with Gasteiger partial charge in [0.2, 0.25) is 0 Å². The fourth-order valence-electron chi connectivity index (χ4n) is 5.43. The third kappa shape index (κ3) is 7.26. The van der Waals surface area contributed by atoms with Gasteiger partial charge in [-0.2, -0.15) is 0 Å². The normalized spacial score (nSPS) is 14.4. The molecule has 41 heavy (non-hydrogen) atoms. The zero-order valence-electron chi connectivity index (χ0n) is 23.3. The minimum atomic E-state index is -1.01. The highest BCUT2D eigenvalue weighted by Crippen LogP contribution is 2.28. The van der Waals surface area contributed by atoms with Crippen LogP contribution in [0, 0.1) is 29.3 Å². The van der Waals surface area contributed by atoms with Crippen LogP contribution in [0.15, 0.2) is 53.3 Å². The van der Waals surface area contributed by atoms with E-state index in [9.17, 15) is 18.8 Å². The number of nitrogens with two attached hydrogens (primary N) is 1. The number of esters is 1. The number of ketones is 1. The summed E-state index contributed by atoms with van der Waals surface area (Å²) in [6, 6.07) is 9.14. The van der Waals surface area contributed by atoms with E-state index in [0.29, 0.717) is 41.7 Å². The van der Waals surface area contributed by atoms with Crippen LogP contribution in [-0.2, 0) is 16.0 Å². The van der Waals surface area contributed by atoms with Gasteiger partial charge in [0.05, 0.1) is 11.5 Å². The summed E-state index contributed by atoms with van der Waals surface area (Å²) in [5, 5.41) is 0. The monoisotopic (exact) mass is 568 g/mol. The van der Waals surface area contributed by atoms with Crippen molar-refractivity contribution in [1.82, 2.24) is 4.57 Å². The van der Waals surface area contributed by atoms with Gasteiger partial charge in [0, 0.05) is 11.6 Å². The van der Waals surface area contributed by atoms with Gasteiger partial charge in [-0.05, 0) is 105 Å². The van der Waals surface area contributed by atoms with Gasteiger partial charge in [-0.15, -0.1) is 0 Å². The van der Waals surface area contributed by atoms with Crippen LogP contribution in [0.2, 0.25) is 0 Å². The molecule has 1 heterocycles. The molecule has 1 aliphatic rings. The summed E-state index contributed by atoms with van der Waals surface area (Å²) in [6.45, 7) is 4.07. The average Bonchev–Trinajstić information content (AvgIpc) is 3.42. The van der Waals surface area contributed by atoms with Crippen LogP contribution >= 0.6 is 0 Å². The van der Waals surface area contributed by atoms with Gasteiger partial charge < -0.3 is 10.5 Å². The molecule has 218 valence electrons. The number of carbonyl (C=O) groups is 2. The van der Waals surface area contributed by atoms with E-state index in [1.54, 1.807) is 0 Å². The maximum atomic E-state index is 15.3. The standard InChI is InChI=1S/C32H35F3N2O4/c1-19(2)16-22(32(40)41-24-8-3-4-9-24)7-5-6-20-17-26(34)29(27(35)18-20)37-28(38)15-14-25(31(37)36)30(39)21-10-12-23(33)13-11-21/h10-15,17-19,22,24H,3-9,16,36H2,1-2H3/t22-/m0/s1. The summed E-state index contributed by atoms with van der Waals surface area (Å²) in [5.41, 5.74) is 4.89. The smallest absolute Gasteiger partial charge is 0.309 e. The Kier molecular flexibility index (Phi) is 9.68. The van der Waals surface area contributed by atoms with E-state index < -0.39 is 40.3 Å². The Morgan fingerprint density at radius 3 is 2.24 bits per heavy atom. The van der Waals surface area contributed by atoms with Crippen LogP contribution in [0.25, 0.3) is 5.69 Å². The van der Waals surface area contributed by atoms with Crippen molar-refractivity contribution < 1.29 is 27.5 Å². The predicted molar refractivity (Wildman–Crippen MR) is 150 cm³/mol. The molecule has 9 heteroatoms. The fourth-order valence-corrected chi connectivity index (χ4v) is 5.43. The maximum absolute atomic E-state index is 15.3. The van der Waals surface area contributed by atoms with Gasteiger partial charge in [-0.1, -0.05) is 13.8 Å². The van der Waals surface area contributed by atoms with E-state index in [2.05, 4.69) is 0 Å². The molecule has 0 spiro atoms. The topological polar surface area (TPSA) is 91.4 Å². The highest BCUT2D eigenvalue weighted by molar-refractivity contribution is 6.11. The number of carbonyl (C=O) groups excluding carboxylic acids is 2. The minimum absolute atomic E-state index is 0.0202. The molecule has 0 saturated heterocycles. The number of ether oxygens (including phenoxy) is 1. The number of aryl methyl sites for hydroxylation is 1. The summed E-state index contributed by atoms with van der Waals surface area (Å²) in [5.74, 6) is -3.83. The molecular weight excluding hydrogens is 533 g/mol. The Morgan fingerprint density at radius 1 is 1.00 bits per heavy atom. The molecule has 0 bridgehead atoms. The molecule has 1 atom stereocenters. The first-order chi connectivity index (χ1) is 19.5. The summed E-state index contributed by atoms with van der Waals surface area (Å²) >= 11 is 0. The van der Waals surface area contributed by atoms with Crippen molar-refractivity contribution >= 4 is 17.6 Å². The van der Waals surface area contributed by atoms with Gasteiger partial charge in [-0.25, -0.2) is 13.2 Å². The number of hydrogen-bond acceptors (Lipinski definition) is 5. The van der Waals surface area contributed by atoms with Crippen molar-refractivity contribution in [3.63, 3.8) is 0 Å². The SMILES string of the molecule is CC(C)C[C@H](CCCc1cc(F)c(-n2c(N)c(C(=O)c3ccc(F)cc3)ccc2=O)c(F)c1)C(=O)OC1CCCC1. The Hall–Kier alpha value is -3.88. The first kappa shape index (κ1) is 30.1. The van der Waals surface area contributed by atoms with E-state index in [1.165, 1.54) is 18.2 Å². The van der Waals surface area contributed by atoms with Crippen LogP contribution in [-0.4, -0.2) is 22.4 Å². The first-order valence-electron chi connectivity index (χ1n) is 14.1. The van der Waals surface area contributed by atoms with Crippen molar-refractivity contribution in [3.05, 3.63) is 93.0 Å². The molecule has 1 fully saturated rings. The number of hydrogen-bond donors (Lipinski definition) is 1. The zero-order valence-corrected chi connectivity index (χ0v) is 23.3. The summed E-state index contributed by atoms with van der Waals surface area (Å²) in [7, 11) is 0. The van der Waals surface area contributed by atoms with Crippen molar-refractivity contribution in [1.29, 1.82) is 0 Å². The lowest BCUT2D eigenvalue weighted by molar-refractivity contribution is -0.154. The molecule has 3 aromatic rings. The molecule has 4 rings (SSSR count). The van der Waals surface area contributed by atoms with Crippen LogP contribution in [0.4, 0.5) is 19.0 Å². The van der Waals surface area contributed by atoms with E-state index >= 15 is 8.78 Å². The van der Waals surface area contributed by atoms with Gasteiger partial charge in [0.1, 0.15) is 23.4 Å². The Morgan fingerprint density at radius 2 is 1.63 bits per heavy atom. The molecule has 6 nitrogen and oxygen atoms in total. The molecule has 0 aliphatic heterocycles. The third-order valence-electron chi connectivity index (χ3n) is 7.47.